The van der Waals surface area contributed by atoms with Crippen molar-refractivity contribution in [3.05, 3.63) is 35.9 Å². The Morgan fingerprint density at radius 2 is 1.89 bits per heavy atom. The van der Waals surface area contributed by atoms with Gasteiger partial charge >= 0.3 is 0 Å². The first-order valence-electron chi connectivity index (χ1n) is 9.75. The second-order valence-electron chi connectivity index (χ2n) is 7.19. The normalized spacial score (nSPS) is 23.3. The van der Waals surface area contributed by atoms with E-state index in [9.17, 15) is 4.79 Å². The molecule has 6 nitrogen and oxygen atoms in total. The summed E-state index contributed by atoms with van der Waals surface area (Å²) in [6.45, 7) is 5.23. The number of amides is 1. The maximum Gasteiger partial charge on any atom is 0.233 e. The molecule has 7 heteroatoms. The standard InChI is InChI=1S/C20H31N5O.HI/c1-3-22-20(24-18-13-17(18)15-7-5-4-6-8-15)23-16-9-11-25(12-10-16)14-19(26)21-2;/h4-8,16-18H,3,9-14H2,1-2H3,(H,21,26)(H2,22,23,24);1H. The van der Waals surface area contributed by atoms with Gasteiger partial charge in [-0.15, -0.1) is 24.0 Å². The Morgan fingerprint density at radius 1 is 1.19 bits per heavy atom. The summed E-state index contributed by atoms with van der Waals surface area (Å²) in [7, 11) is 1.69. The quantitative estimate of drug-likeness (QED) is 0.327. The van der Waals surface area contributed by atoms with Crippen LogP contribution in [0.25, 0.3) is 0 Å². The van der Waals surface area contributed by atoms with Crippen LogP contribution in [-0.2, 0) is 4.79 Å². The first-order valence-corrected chi connectivity index (χ1v) is 9.75. The van der Waals surface area contributed by atoms with Gasteiger partial charge in [-0.1, -0.05) is 30.3 Å². The first kappa shape index (κ1) is 21.9. The van der Waals surface area contributed by atoms with Gasteiger partial charge in [-0.05, 0) is 31.7 Å². The Kier molecular flexibility index (Phi) is 8.82. The predicted octanol–water partition coefficient (Wildman–Crippen LogP) is 1.93. The summed E-state index contributed by atoms with van der Waals surface area (Å²) in [4.78, 5) is 18.3. The fourth-order valence-corrected chi connectivity index (χ4v) is 3.60. The molecular weight excluding hydrogens is 453 g/mol. The third kappa shape index (κ3) is 6.64. The van der Waals surface area contributed by atoms with Crippen molar-refractivity contribution in [3.63, 3.8) is 0 Å². The van der Waals surface area contributed by atoms with Gasteiger partial charge in [0, 0.05) is 44.7 Å². The summed E-state index contributed by atoms with van der Waals surface area (Å²) < 4.78 is 0. The zero-order valence-electron chi connectivity index (χ0n) is 16.3. The van der Waals surface area contributed by atoms with Crippen molar-refractivity contribution in [2.45, 2.75) is 44.2 Å². The van der Waals surface area contributed by atoms with Crippen LogP contribution in [-0.4, -0.2) is 62.1 Å². The third-order valence-corrected chi connectivity index (χ3v) is 5.23. The van der Waals surface area contributed by atoms with Crippen LogP contribution in [0.4, 0.5) is 0 Å². The number of aliphatic imine (C=N–C) groups is 1. The fraction of sp³-hybridized carbons (Fsp3) is 0.600. The molecule has 3 rings (SSSR count). The molecule has 1 amide bonds. The Morgan fingerprint density at radius 3 is 2.52 bits per heavy atom. The highest BCUT2D eigenvalue weighted by Gasteiger charge is 2.39. The smallest absolute Gasteiger partial charge is 0.233 e. The minimum Gasteiger partial charge on any atom is -0.358 e. The van der Waals surface area contributed by atoms with Crippen LogP contribution in [0.1, 0.15) is 37.7 Å². The number of benzene rings is 1. The van der Waals surface area contributed by atoms with Crippen LogP contribution in [0.3, 0.4) is 0 Å². The zero-order chi connectivity index (χ0) is 18.4. The monoisotopic (exact) mass is 485 g/mol. The van der Waals surface area contributed by atoms with Crippen LogP contribution in [0, 0.1) is 0 Å². The van der Waals surface area contributed by atoms with Gasteiger partial charge in [0.2, 0.25) is 5.91 Å². The van der Waals surface area contributed by atoms with E-state index in [4.69, 9.17) is 0 Å². The van der Waals surface area contributed by atoms with E-state index in [1.807, 2.05) is 0 Å². The molecule has 1 heterocycles. The molecule has 2 aliphatic rings. The predicted molar refractivity (Wildman–Crippen MR) is 121 cm³/mol. The number of carbonyl (C=O) groups excluding carboxylic acids is 1. The van der Waals surface area contributed by atoms with Crippen molar-refractivity contribution < 1.29 is 4.79 Å². The van der Waals surface area contributed by atoms with Crippen molar-refractivity contribution in [1.29, 1.82) is 0 Å². The van der Waals surface area contributed by atoms with Gasteiger partial charge < -0.3 is 16.0 Å². The third-order valence-electron chi connectivity index (χ3n) is 5.23. The van der Waals surface area contributed by atoms with E-state index in [-0.39, 0.29) is 29.9 Å². The van der Waals surface area contributed by atoms with Gasteiger partial charge in [-0.3, -0.25) is 14.7 Å². The lowest BCUT2D eigenvalue weighted by molar-refractivity contribution is -0.122. The average molecular weight is 485 g/mol. The van der Waals surface area contributed by atoms with E-state index in [1.165, 1.54) is 12.0 Å². The van der Waals surface area contributed by atoms with E-state index in [0.717, 1.165) is 38.4 Å². The van der Waals surface area contributed by atoms with Crippen molar-refractivity contribution >= 4 is 35.8 Å². The van der Waals surface area contributed by atoms with Crippen LogP contribution in [0.5, 0.6) is 0 Å². The number of guanidine groups is 1. The zero-order valence-corrected chi connectivity index (χ0v) is 18.6. The number of nitrogens with one attached hydrogen (secondary N) is 3. The van der Waals surface area contributed by atoms with Crippen molar-refractivity contribution in [1.82, 2.24) is 20.9 Å². The van der Waals surface area contributed by atoms with Crippen LogP contribution < -0.4 is 16.0 Å². The number of hydrogen-bond donors (Lipinski definition) is 3. The Balaban J connectivity index is 0.00000261. The summed E-state index contributed by atoms with van der Waals surface area (Å²) in [6.07, 6.45) is 3.24. The number of nitrogens with zero attached hydrogens (tertiary/aromatic N) is 2. The van der Waals surface area contributed by atoms with Crippen molar-refractivity contribution in [2.75, 3.05) is 33.2 Å². The lowest BCUT2D eigenvalue weighted by Crippen LogP contribution is -2.50. The minimum atomic E-state index is 0. The molecule has 0 aromatic heterocycles. The van der Waals surface area contributed by atoms with Gasteiger partial charge in [0.05, 0.1) is 6.54 Å². The molecule has 0 bridgehead atoms. The summed E-state index contributed by atoms with van der Waals surface area (Å²) in [6, 6.07) is 11.6. The topological polar surface area (TPSA) is 68.8 Å². The van der Waals surface area contributed by atoms with Crippen molar-refractivity contribution in [3.8, 4) is 0 Å². The molecule has 1 aliphatic carbocycles. The van der Waals surface area contributed by atoms with Gasteiger partial charge in [0.15, 0.2) is 5.96 Å². The van der Waals surface area contributed by atoms with Crippen LogP contribution >= 0.6 is 24.0 Å². The molecule has 1 saturated carbocycles. The maximum absolute atomic E-state index is 11.5. The molecule has 1 aliphatic heterocycles. The van der Waals surface area contributed by atoms with Crippen molar-refractivity contribution in [2.24, 2.45) is 4.99 Å². The molecule has 3 N–H and O–H groups in total. The number of likely N-dealkylation sites (N-methyl/N-ethyl adjacent to an activating group) is 1. The van der Waals surface area contributed by atoms with Crippen LogP contribution in [0.2, 0.25) is 0 Å². The van der Waals surface area contributed by atoms with Gasteiger partial charge in [-0.25, -0.2) is 0 Å². The highest BCUT2D eigenvalue weighted by molar-refractivity contribution is 14.0. The van der Waals surface area contributed by atoms with Gasteiger partial charge in [0.1, 0.15) is 0 Å². The first-order chi connectivity index (χ1) is 12.7. The van der Waals surface area contributed by atoms with E-state index < -0.39 is 0 Å². The highest BCUT2D eigenvalue weighted by Crippen LogP contribution is 2.40. The van der Waals surface area contributed by atoms with Crippen LogP contribution in [0.15, 0.2) is 35.3 Å². The Bertz CT molecular complexity index is 616. The molecule has 0 spiro atoms. The minimum absolute atomic E-state index is 0. The summed E-state index contributed by atoms with van der Waals surface area (Å²) in [5.74, 6) is 1.61. The molecule has 1 saturated heterocycles. The molecule has 150 valence electrons. The number of hydrogen-bond acceptors (Lipinski definition) is 3. The number of piperidine rings is 1. The number of likely N-dealkylation sites (tertiary alicyclic amines) is 1. The average Bonchev–Trinajstić information content (AvgIpc) is 3.43. The number of halogens is 1. The Hall–Kier alpha value is -1.35. The second-order valence-corrected chi connectivity index (χ2v) is 7.19. The molecule has 2 fully saturated rings. The Labute approximate surface area is 179 Å². The summed E-state index contributed by atoms with van der Waals surface area (Å²) >= 11 is 0. The van der Waals surface area contributed by atoms with Gasteiger partial charge in [-0.2, -0.15) is 0 Å². The molecule has 1 aromatic carbocycles. The van der Waals surface area contributed by atoms with E-state index in [0.29, 0.717) is 24.5 Å². The lowest BCUT2D eigenvalue weighted by atomic mass is 10.1. The summed E-state index contributed by atoms with van der Waals surface area (Å²) in [5, 5.41) is 9.89. The maximum atomic E-state index is 11.5. The number of rotatable bonds is 6. The highest BCUT2D eigenvalue weighted by atomic mass is 127. The molecule has 2 unspecified atom stereocenters. The van der Waals surface area contributed by atoms with E-state index in [2.05, 4.69) is 63.1 Å². The second kappa shape index (κ2) is 10.8. The van der Waals surface area contributed by atoms with Gasteiger partial charge in [0.25, 0.3) is 0 Å². The molecule has 1 aromatic rings. The molecule has 27 heavy (non-hydrogen) atoms. The largest absolute Gasteiger partial charge is 0.358 e. The summed E-state index contributed by atoms with van der Waals surface area (Å²) in [5.41, 5.74) is 1.41. The molecular formula is C20H32IN5O. The molecule has 0 radical (unpaired) electrons. The van der Waals surface area contributed by atoms with E-state index >= 15 is 0 Å². The van der Waals surface area contributed by atoms with E-state index in [1.54, 1.807) is 7.05 Å². The fourth-order valence-electron chi connectivity index (χ4n) is 3.60. The SMILES string of the molecule is CCN=C(NC1CCN(CC(=O)NC)CC1)NC1CC1c1ccccc1.I. The number of carbonyl (C=O) groups is 1. The lowest BCUT2D eigenvalue weighted by Gasteiger charge is -2.32. The molecule has 2 atom stereocenters.